The summed E-state index contributed by atoms with van der Waals surface area (Å²) in [4.78, 5) is 76.5. The van der Waals surface area contributed by atoms with E-state index in [0.29, 0.717) is 44.1 Å². The number of ketones is 6. The first-order valence-electron chi connectivity index (χ1n) is 36.8. The number of hydrogen-bond donors (Lipinski definition) is 6. The van der Waals surface area contributed by atoms with Crippen molar-refractivity contribution in [1.82, 2.24) is 0 Å². The molecule has 0 bridgehead atoms. The van der Waals surface area contributed by atoms with Crippen LogP contribution in [0.4, 0.5) is 8.78 Å². The van der Waals surface area contributed by atoms with Crippen LogP contribution in [0.15, 0.2) is 71.4 Å². The van der Waals surface area contributed by atoms with Crippen molar-refractivity contribution in [2.75, 3.05) is 19.8 Å². The average Bonchev–Trinajstić information content (AvgIpc) is 1.63. The summed E-state index contributed by atoms with van der Waals surface area (Å²) in [6, 6.07) is 0. The van der Waals surface area contributed by atoms with Gasteiger partial charge in [0.05, 0.1) is 47.3 Å². The third-order valence-electron chi connectivity index (χ3n) is 28.1. The van der Waals surface area contributed by atoms with Crippen molar-refractivity contribution in [2.45, 2.75) is 289 Å². The maximum atomic E-state index is 17.1. The monoisotopic (exact) mass is 1380 g/mol. The first-order chi connectivity index (χ1) is 45.6. The Bertz CT molecular complexity index is 3330. The molecule has 0 aromatic heterocycles. The van der Waals surface area contributed by atoms with Gasteiger partial charge in [0.2, 0.25) is 0 Å². The summed E-state index contributed by atoms with van der Waals surface area (Å²) in [5.41, 5.74) is -13.3. The fourth-order valence-electron chi connectivity index (χ4n) is 23.0. The first kappa shape index (κ1) is 76.0. The average molecular weight is 1390 g/mol. The van der Waals surface area contributed by atoms with E-state index < -0.39 is 132 Å². The first-order valence-corrected chi connectivity index (χ1v) is 36.8. The van der Waals surface area contributed by atoms with Gasteiger partial charge < -0.3 is 54.3 Å². The van der Waals surface area contributed by atoms with E-state index >= 15 is 8.78 Å². The van der Waals surface area contributed by atoms with Crippen LogP contribution in [0, 0.1) is 79.8 Å². The Hall–Kier alpha value is -4.12. The maximum absolute atomic E-state index is 17.1. The molecule has 10 fully saturated rings. The zero-order valence-electron chi connectivity index (χ0n) is 61.7. The lowest BCUT2D eigenvalue weighted by Gasteiger charge is -2.62. The number of aliphatic hydroxyl groups excluding tert-OH is 4. The minimum Gasteiger partial charge on any atom is -0.393 e. The van der Waals surface area contributed by atoms with Crippen molar-refractivity contribution in [3.63, 3.8) is 0 Å². The summed E-state index contributed by atoms with van der Waals surface area (Å²) in [5, 5.41) is 68.8. The molecule has 550 valence electrons. The molecule has 0 aromatic rings. The topological polar surface area (TPSA) is 270 Å². The molecule has 1 unspecified atom stereocenters. The van der Waals surface area contributed by atoms with Crippen molar-refractivity contribution in [3.8, 4) is 0 Å². The van der Waals surface area contributed by atoms with E-state index in [9.17, 15) is 59.4 Å². The molecule has 13 aliphatic rings. The Morgan fingerprint density at radius 1 is 0.545 bits per heavy atom. The van der Waals surface area contributed by atoms with Crippen molar-refractivity contribution in [1.29, 1.82) is 0 Å². The summed E-state index contributed by atoms with van der Waals surface area (Å²) in [6.07, 6.45) is 15.7. The second-order valence-electron chi connectivity index (χ2n) is 36.6. The highest BCUT2D eigenvalue weighted by Crippen LogP contribution is 2.74. The normalized spacial score (nSPS) is 47.5. The number of Topliss-reactive ketones (excluding diaryl/α,β-unsaturated/α-hetero) is 3. The molecule has 13 rings (SSSR count). The van der Waals surface area contributed by atoms with E-state index in [2.05, 4.69) is 20.8 Å². The van der Waals surface area contributed by atoms with Crippen LogP contribution < -0.4 is 0 Å². The number of fused-ring (bicyclic) bond motifs is 17. The van der Waals surface area contributed by atoms with Gasteiger partial charge in [0.15, 0.2) is 63.5 Å². The number of ether oxygens (including phenoxy) is 5. The highest BCUT2D eigenvalue weighted by molar-refractivity contribution is 6.02. The molecule has 0 spiro atoms. The number of hydrogen-bond acceptors (Lipinski definition) is 17. The van der Waals surface area contributed by atoms with Crippen molar-refractivity contribution in [2.24, 2.45) is 79.8 Å². The molecule has 1 saturated heterocycles. The summed E-state index contributed by atoms with van der Waals surface area (Å²) in [7, 11) is 0. The van der Waals surface area contributed by atoms with Crippen molar-refractivity contribution >= 4 is 34.7 Å². The van der Waals surface area contributed by atoms with E-state index in [-0.39, 0.29) is 103 Å². The number of carbonyl (C=O) groups excluding carboxylic acids is 6. The molecule has 12 aliphatic carbocycles. The molecular weight excluding hydrogens is 1270 g/mol. The van der Waals surface area contributed by atoms with Gasteiger partial charge in [-0.3, -0.25) is 28.8 Å². The standard InChI is InChI=1S/C29H42O6.C26H37FO5.C25H35FO6/c1-7-8-24-34-23-14-20-19-10-9-17-13-18(30)11-12-27(17,5)25(19)21(31)15-28(20,6)29(23,35-24)22(32)16-33-26(2,3)4;1-15-11-19-18-8-7-16-12-17(28)9-10-23(16,5)25(18,27)20(29)13-24(19,6)26(15,31)21(30)14-32-22(2,3)4;1-21(2,3)32-13-20(30)25(31)18(28)11-17-16-7-6-14-10-15(27)8-9-22(14,4)24(16,26)19(29)12-23(17,25)5/h11-13,19-21,23-25,31H,7-10,14-16H2,1-6H3;9-10,12,15,18-20,29,31H,7-8,11,13-14H2,1-6H3;8-10,16-19,28-29,31H,6-7,11-13H2,1-5H3/t19-,20-,21-,23+,24?,25+,27-,28-,29+;15-,18-,19-,20-,23-,24-,25-,26-;16-,17-,18+,19-,22-,23-,24-,25-/m000/s1. The second-order valence-corrected chi connectivity index (χ2v) is 36.6. The SMILES string of the molecule is CC(C)(C)OCC(=O)[C@@]1(O)[C@H](O)C[C@H]2[C@@H]3CCC4=CC(=O)C=C[C@]4(C)[C@@]3(F)[C@@H](O)C[C@@]21C.CCCC1O[C@@H]2C[C@H]3[C@@H]4CCC5=CC(=O)C=C[C@]5(C)[C@H]4[C@@H](O)C[C@]3(C)[C@]2(C(=O)COC(C)(C)C)O1.C[C@H]1C[C@H]2[C@@H]3CCC4=CC(=O)C=C[C@]4(C)[C@@]3(F)[C@@H](O)C[C@]2(C)[C@@]1(O)C(=O)COC(C)(C)C. The molecule has 17 nitrogen and oxygen atoms in total. The minimum atomic E-state index is -2.14. The van der Waals surface area contributed by atoms with Gasteiger partial charge in [-0.2, -0.15) is 0 Å². The highest BCUT2D eigenvalue weighted by Gasteiger charge is 2.80. The van der Waals surface area contributed by atoms with Crippen LogP contribution in [0.3, 0.4) is 0 Å². The molecule has 1 heterocycles. The smallest absolute Gasteiger partial charge is 0.193 e. The molecule has 25 atom stereocenters. The third kappa shape index (κ3) is 11.3. The van der Waals surface area contributed by atoms with Gasteiger partial charge in [0.1, 0.15) is 25.4 Å². The van der Waals surface area contributed by atoms with E-state index in [4.69, 9.17) is 23.7 Å². The Balaban J connectivity index is 0.000000150. The van der Waals surface area contributed by atoms with Gasteiger partial charge in [0, 0.05) is 50.2 Å². The van der Waals surface area contributed by atoms with Crippen LogP contribution in [0.1, 0.15) is 208 Å². The highest BCUT2D eigenvalue weighted by atomic mass is 19.1. The Kier molecular flexibility index (Phi) is 19.2. The Morgan fingerprint density at radius 3 is 1.46 bits per heavy atom. The number of aliphatic hydroxyl groups is 6. The van der Waals surface area contributed by atoms with Crippen LogP contribution in [-0.4, -0.2) is 167 Å². The van der Waals surface area contributed by atoms with Crippen LogP contribution in [0.25, 0.3) is 0 Å². The van der Waals surface area contributed by atoms with E-state index in [1.807, 2.05) is 61.5 Å². The maximum Gasteiger partial charge on any atom is 0.193 e. The number of alkyl halides is 2. The summed E-state index contributed by atoms with van der Waals surface area (Å²) >= 11 is 0. The van der Waals surface area contributed by atoms with Crippen molar-refractivity contribution in [3.05, 3.63) is 71.4 Å². The molecule has 6 N–H and O–H groups in total. The fraction of sp³-hybridized carbons (Fsp3) is 0.775. The molecule has 99 heavy (non-hydrogen) atoms. The van der Waals surface area contributed by atoms with Crippen LogP contribution in [0.2, 0.25) is 0 Å². The van der Waals surface area contributed by atoms with Gasteiger partial charge >= 0.3 is 0 Å². The van der Waals surface area contributed by atoms with E-state index in [1.54, 1.807) is 65.8 Å². The molecule has 9 saturated carbocycles. The van der Waals surface area contributed by atoms with Crippen LogP contribution in [0.5, 0.6) is 0 Å². The lowest BCUT2D eigenvalue weighted by molar-refractivity contribution is -0.223. The van der Waals surface area contributed by atoms with Crippen molar-refractivity contribution < 1.29 is 91.9 Å². The third-order valence-corrected chi connectivity index (χ3v) is 28.1. The fourth-order valence-corrected chi connectivity index (χ4v) is 23.0. The van der Waals surface area contributed by atoms with E-state index in [0.717, 1.165) is 43.3 Å². The number of allylic oxidation sites excluding steroid dienone is 12. The summed E-state index contributed by atoms with van der Waals surface area (Å²) in [5.74, 6) is -3.35. The van der Waals surface area contributed by atoms with Gasteiger partial charge in [-0.15, -0.1) is 0 Å². The summed E-state index contributed by atoms with van der Waals surface area (Å²) in [6.45, 7) is 31.4. The Labute approximate surface area is 584 Å². The Morgan fingerprint density at radius 2 is 0.980 bits per heavy atom. The zero-order valence-corrected chi connectivity index (χ0v) is 61.7. The predicted octanol–water partition coefficient (Wildman–Crippen LogP) is 10.7. The predicted molar refractivity (Wildman–Crippen MR) is 365 cm³/mol. The second kappa shape index (κ2) is 25.0. The molecule has 0 amide bonds. The largest absolute Gasteiger partial charge is 0.393 e. The number of halogens is 2. The van der Waals surface area contributed by atoms with E-state index in [1.165, 1.54) is 24.3 Å². The molecule has 1 aliphatic heterocycles. The van der Waals surface area contributed by atoms with Gasteiger partial charge in [-0.05, 0) is 226 Å². The zero-order chi connectivity index (χ0) is 73.2. The molecular formula is C80H114F2O17. The number of carbonyl (C=O) groups is 6. The quantitative estimate of drug-likeness (QED) is 0.112. The lowest BCUT2D eigenvalue weighted by atomic mass is 9.44. The lowest BCUT2D eigenvalue weighted by Crippen LogP contribution is -2.69. The molecule has 0 aromatic carbocycles. The minimum absolute atomic E-state index is 0.00756. The van der Waals surface area contributed by atoms with Crippen LogP contribution in [-0.2, 0) is 52.5 Å². The molecule has 0 radical (unpaired) electrons. The number of rotatable bonds is 11. The van der Waals surface area contributed by atoms with Crippen LogP contribution >= 0.6 is 0 Å². The van der Waals surface area contributed by atoms with Gasteiger partial charge in [-0.1, -0.05) is 82.9 Å². The van der Waals surface area contributed by atoms with Gasteiger partial charge in [0.25, 0.3) is 0 Å². The molecule has 19 heteroatoms. The van der Waals surface area contributed by atoms with Gasteiger partial charge in [-0.25, -0.2) is 8.78 Å². The summed E-state index contributed by atoms with van der Waals surface area (Å²) < 4.78 is 64.5.